The summed E-state index contributed by atoms with van der Waals surface area (Å²) in [6.07, 6.45) is 0. The summed E-state index contributed by atoms with van der Waals surface area (Å²) in [5.41, 5.74) is 8.95. The molecule has 0 N–H and O–H groups in total. The van der Waals surface area contributed by atoms with Gasteiger partial charge in [0.05, 0.1) is 5.52 Å². The molecule has 1 heterocycles. The number of rotatable bonds is 4. The minimum absolute atomic E-state index is 0.224. The molecule has 5 rings (SSSR count). The Morgan fingerprint density at radius 1 is 0.742 bits per heavy atom. The molecule has 31 heavy (non-hydrogen) atoms. The van der Waals surface area contributed by atoms with Crippen LogP contribution >= 0.6 is 15.9 Å². The SMILES string of the molecule is Cc1ccccc1-c1c(C(C)c2ccccc2)n(-c2cccc(Br)c2)c2ccccc12. The Hall–Kier alpha value is -3.10. The van der Waals surface area contributed by atoms with E-state index >= 15 is 0 Å². The third-order valence-corrected chi connectivity index (χ3v) is 6.60. The van der Waals surface area contributed by atoms with Crippen molar-refractivity contribution in [1.82, 2.24) is 4.57 Å². The Bertz CT molecular complexity index is 1360. The number of aromatic nitrogens is 1. The Balaban J connectivity index is 1.93. The predicted octanol–water partition coefficient (Wildman–Crippen LogP) is 8.52. The molecule has 152 valence electrons. The quantitative estimate of drug-likeness (QED) is 0.250. The fourth-order valence-corrected chi connectivity index (χ4v) is 4.99. The minimum Gasteiger partial charge on any atom is -0.312 e. The van der Waals surface area contributed by atoms with Crippen LogP contribution in [0.15, 0.2) is 108 Å². The van der Waals surface area contributed by atoms with Crippen LogP contribution in [0, 0.1) is 6.92 Å². The van der Waals surface area contributed by atoms with Gasteiger partial charge in [0, 0.05) is 32.7 Å². The van der Waals surface area contributed by atoms with E-state index in [4.69, 9.17) is 0 Å². The predicted molar refractivity (Wildman–Crippen MR) is 135 cm³/mol. The van der Waals surface area contributed by atoms with Crippen LogP contribution in [0.3, 0.4) is 0 Å². The van der Waals surface area contributed by atoms with Crippen molar-refractivity contribution in [2.45, 2.75) is 19.8 Å². The molecular weight excluding hydrogens is 442 g/mol. The zero-order valence-electron chi connectivity index (χ0n) is 17.7. The van der Waals surface area contributed by atoms with Crippen molar-refractivity contribution in [3.8, 4) is 16.8 Å². The van der Waals surface area contributed by atoms with Crippen LogP contribution in [-0.2, 0) is 0 Å². The van der Waals surface area contributed by atoms with Gasteiger partial charge in [-0.15, -0.1) is 0 Å². The lowest BCUT2D eigenvalue weighted by Gasteiger charge is -2.20. The molecule has 1 aromatic heterocycles. The normalized spacial score (nSPS) is 12.2. The Morgan fingerprint density at radius 2 is 1.45 bits per heavy atom. The third-order valence-electron chi connectivity index (χ3n) is 6.10. The largest absolute Gasteiger partial charge is 0.312 e. The average molecular weight is 466 g/mol. The van der Waals surface area contributed by atoms with Gasteiger partial charge >= 0.3 is 0 Å². The molecule has 4 aromatic carbocycles. The summed E-state index contributed by atoms with van der Waals surface area (Å²) in [6.45, 7) is 4.53. The number of aryl methyl sites for hydroxylation is 1. The fourth-order valence-electron chi connectivity index (χ4n) is 4.60. The summed E-state index contributed by atoms with van der Waals surface area (Å²) in [6, 6.07) is 36.9. The summed E-state index contributed by atoms with van der Waals surface area (Å²) in [4.78, 5) is 0. The van der Waals surface area contributed by atoms with Crippen molar-refractivity contribution in [3.63, 3.8) is 0 Å². The highest BCUT2D eigenvalue weighted by atomic mass is 79.9. The van der Waals surface area contributed by atoms with Crippen molar-refractivity contribution in [1.29, 1.82) is 0 Å². The van der Waals surface area contributed by atoms with E-state index in [1.807, 2.05) is 0 Å². The highest BCUT2D eigenvalue weighted by Gasteiger charge is 2.25. The van der Waals surface area contributed by atoms with Crippen molar-refractivity contribution in [2.24, 2.45) is 0 Å². The van der Waals surface area contributed by atoms with Gasteiger partial charge in [-0.3, -0.25) is 0 Å². The molecule has 0 amide bonds. The van der Waals surface area contributed by atoms with Crippen LogP contribution in [0.4, 0.5) is 0 Å². The highest BCUT2D eigenvalue weighted by Crippen LogP contribution is 2.43. The van der Waals surface area contributed by atoms with E-state index in [1.165, 1.54) is 44.5 Å². The van der Waals surface area contributed by atoms with Crippen LogP contribution in [0.2, 0.25) is 0 Å². The zero-order valence-corrected chi connectivity index (χ0v) is 19.3. The second-order valence-corrected chi connectivity index (χ2v) is 8.96. The zero-order chi connectivity index (χ0) is 21.4. The number of fused-ring (bicyclic) bond motifs is 1. The summed E-state index contributed by atoms with van der Waals surface area (Å²) in [5, 5.41) is 1.29. The molecule has 1 unspecified atom stereocenters. The van der Waals surface area contributed by atoms with Gasteiger partial charge in [-0.1, -0.05) is 102 Å². The van der Waals surface area contributed by atoms with Crippen molar-refractivity contribution < 1.29 is 0 Å². The fraction of sp³-hybridized carbons (Fsp3) is 0.103. The first-order chi connectivity index (χ1) is 15.1. The first-order valence-corrected chi connectivity index (χ1v) is 11.4. The maximum atomic E-state index is 3.68. The van der Waals surface area contributed by atoms with Crippen LogP contribution in [-0.4, -0.2) is 4.57 Å². The summed E-state index contributed by atoms with van der Waals surface area (Å²) in [5.74, 6) is 0.224. The van der Waals surface area contributed by atoms with Crippen LogP contribution in [0.1, 0.15) is 29.7 Å². The van der Waals surface area contributed by atoms with Crippen LogP contribution in [0.5, 0.6) is 0 Å². The minimum atomic E-state index is 0.224. The molecule has 5 aromatic rings. The van der Waals surface area contributed by atoms with Gasteiger partial charge in [-0.05, 0) is 47.9 Å². The monoisotopic (exact) mass is 465 g/mol. The van der Waals surface area contributed by atoms with Gasteiger partial charge in [-0.25, -0.2) is 0 Å². The molecular formula is C29H24BrN. The van der Waals surface area contributed by atoms with Gasteiger partial charge in [0.2, 0.25) is 0 Å². The van der Waals surface area contributed by atoms with E-state index < -0.39 is 0 Å². The molecule has 0 bridgehead atoms. The van der Waals surface area contributed by atoms with E-state index in [-0.39, 0.29) is 5.92 Å². The van der Waals surface area contributed by atoms with Crippen LogP contribution < -0.4 is 0 Å². The van der Waals surface area contributed by atoms with E-state index in [2.05, 4.69) is 137 Å². The van der Waals surface area contributed by atoms with Crippen molar-refractivity contribution in [2.75, 3.05) is 0 Å². The lowest BCUT2D eigenvalue weighted by atomic mass is 9.89. The lowest BCUT2D eigenvalue weighted by Crippen LogP contribution is -2.07. The van der Waals surface area contributed by atoms with Gasteiger partial charge in [0.1, 0.15) is 0 Å². The van der Waals surface area contributed by atoms with E-state index in [0.29, 0.717) is 0 Å². The van der Waals surface area contributed by atoms with Crippen LogP contribution in [0.25, 0.3) is 27.7 Å². The number of nitrogens with zero attached hydrogens (tertiary/aromatic N) is 1. The first kappa shape index (κ1) is 19.8. The molecule has 0 saturated heterocycles. The second-order valence-electron chi connectivity index (χ2n) is 8.04. The van der Waals surface area contributed by atoms with Gasteiger partial charge < -0.3 is 4.57 Å². The molecule has 0 fully saturated rings. The molecule has 0 aliphatic carbocycles. The summed E-state index contributed by atoms with van der Waals surface area (Å²) < 4.78 is 3.53. The van der Waals surface area contributed by atoms with Gasteiger partial charge in [0.25, 0.3) is 0 Å². The Kier molecular flexibility index (Phi) is 5.25. The lowest BCUT2D eigenvalue weighted by molar-refractivity contribution is 0.840. The Morgan fingerprint density at radius 3 is 2.23 bits per heavy atom. The summed E-state index contributed by atoms with van der Waals surface area (Å²) in [7, 11) is 0. The van der Waals surface area contributed by atoms with E-state index in [0.717, 1.165) is 4.47 Å². The standard InChI is InChI=1S/C29H24BrN/c1-20-11-6-7-16-25(20)28-26-17-8-9-18-27(26)31(24-15-10-14-23(30)19-24)29(28)21(2)22-12-4-3-5-13-22/h3-19,21H,1-2H3. The molecule has 2 heteroatoms. The average Bonchev–Trinajstić information content (AvgIpc) is 3.14. The van der Waals surface area contributed by atoms with E-state index in [9.17, 15) is 0 Å². The topological polar surface area (TPSA) is 4.93 Å². The number of halogens is 1. The van der Waals surface area contributed by atoms with Gasteiger partial charge in [-0.2, -0.15) is 0 Å². The van der Waals surface area contributed by atoms with E-state index in [1.54, 1.807) is 0 Å². The van der Waals surface area contributed by atoms with Crippen molar-refractivity contribution in [3.05, 3.63) is 124 Å². The third kappa shape index (κ3) is 3.51. The number of hydrogen-bond donors (Lipinski definition) is 0. The molecule has 0 saturated carbocycles. The Labute approximate surface area is 192 Å². The maximum absolute atomic E-state index is 3.68. The molecule has 1 nitrogen and oxygen atoms in total. The molecule has 1 atom stereocenters. The molecule has 0 aliphatic heterocycles. The molecule has 0 spiro atoms. The van der Waals surface area contributed by atoms with Gasteiger partial charge in [0.15, 0.2) is 0 Å². The first-order valence-electron chi connectivity index (χ1n) is 10.7. The van der Waals surface area contributed by atoms with Crippen molar-refractivity contribution >= 4 is 26.8 Å². The molecule has 0 radical (unpaired) electrons. The highest BCUT2D eigenvalue weighted by molar-refractivity contribution is 9.10. The second kappa shape index (κ2) is 8.20. The maximum Gasteiger partial charge on any atom is 0.0538 e. The smallest absolute Gasteiger partial charge is 0.0538 e. The number of benzene rings is 4. The summed E-state index contributed by atoms with van der Waals surface area (Å²) >= 11 is 3.68. The number of para-hydroxylation sites is 1. The number of hydrogen-bond acceptors (Lipinski definition) is 0. The molecule has 0 aliphatic rings.